The SMILES string of the molecule is Cn1cnc2cccc(-c3cccc4c5ccc(-c6ccccc6)cc5c5ccccc5c34)c21. The summed E-state index contributed by atoms with van der Waals surface area (Å²) < 4.78 is 2.12. The van der Waals surface area contributed by atoms with Crippen molar-refractivity contribution in [1.82, 2.24) is 9.55 Å². The highest BCUT2D eigenvalue weighted by molar-refractivity contribution is 6.29. The maximum Gasteiger partial charge on any atom is 0.0955 e. The number of hydrogen-bond donors (Lipinski definition) is 0. The molecular weight excluding hydrogens is 412 g/mol. The van der Waals surface area contributed by atoms with E-state index < -0.39 is 0 Å². The predicted octanol–water partition coefficient (Wildman–Crippen LogP) is 8.37. The largest absolute Gasteiger partial charge is 0.333 e. The lowest BCUT2D eigenvalue weighted by Crippen LogP contribution is -1.91. The van der Waals surface area contributed by atoms with Gasteiger partial charge in [-0.25, -0.2) is 4.98 Å². The number of hydrogen-bond acceptors (Lipinski definition) is 1. The molecule has 0 saturated heterocycles. The van der Waals surface area contributed by atoms with Crippen LogP contribution in [0.25, 0.3) is 65.6 Å². The van der Waals surface area contributed by atoms with Crippen LogP contribution in [0.5, 0.6) is 0 Å². The number of aryl methyl sites for hydroxylation is 1. The van der Waals surface area contributed by atoms with Gasteiger partial charge in [-0.2, -0.15) is 0 Å². The normalized spacial score (nSPS) is 11.7. The molecular formula is C32H22N2. The van der Waals surface area contributed by atoms with Crippen molar-refractivity contribution in [3.05, 3.63) is 116 Å². The number of para-hydroxylation sites is 1. The topological polar surface area (TPSA) is 17.8 Å². The molecule has 0 radical (unpaired) electrons. The molecule has 6 aromatic carbocycles. The van der Waals surface area contributed by atoms with E-state index in [0.717, 1.165) is 5.52 Å². The molecule has 2 heteroatoms. The number of nitrogens with zero attached hydrogens (tertiary/aromatic N) is 2. The van der Waals surface area contributed by atoms with Gasteiger partial charge in [0.15, 0.2) is 0 Å². The summed E-state index contributed by atoms with van der Waals surface area (Å²) in [5, 5.41) is 7.72. The average molecular weight is 435 g/mol. The quantitative estimate of drug-likeness (QED) is 0.250. The van der Waals surface area contributed by atoms with E-state index in [-0.39, 0.29) is 0 Å². The summed E-state index contributed by atoms with van der Waals surface area (Å²) in [7, 11) is 2.07. The number of aromatic nitrogens is 2. The van der Waals surface area contributed by atoms with Gasteiger partial charge in [-0.3, -0.25) is 0 Å². The molecule has 0 atom stereocenters. The summed E-state index contributed by atoms with van der Waals surface area (Å²) in [5.41, 5.74) is 7.14. The molecule has 0 aliphatic heterocycles. The highest BCUT2D eigenvalue weighted by Gasteiger charge is 2.16. The first-order valence-electron chi connectivity index (χ1n) is 11.6. The Morgan fingerprint density at radius 3 is 2.06 bits per heavy atom. The fraction of sp³-hybridized carbons (Fsp3) is 0.0312. The number of imidazole rings is 1. The van der Waals surface area contributed by atoms with Gasteiger partial charge in [0.2, 0.25) is 0 Å². The van der Waals surface area contributed by atoms with Crippen LogP contribution in [0.3, 0.4) is 0 Å². The van der Waals surface area contributed by atoms with Crippen molar-refractivity contribution < 1.29 is 0 Å². The zero-order chi connectivity index (χ0) is 22.6. The number of fused-ring (bicyclic) bond motifs is 7. The Bertz CT molecular complexity index is 1830. The second-order valence-electron chi connectivity index (χ2n) is 8.93. The molecule has 2 nitrogen and oxygen atoms in total. The van der Waals surface area contributed by atoms with E-state index in [1.165, 1.54) is 60.1 Å². The fourth-order valence-corrected chi connectivity index (χ4v) is 5.47. The van der Waals surface area contributed by atoms with Gasteiger partial charge >= 0.3 is 0 Å². The summed E-state index contributed by atoms with van der Waals surface area (Å²) in [6, 6.07) is 39.4. The van der Waals surface area contributed by atoms with Crippen LogP contribution in [0.15, 0.2) is 116 Å². The third-order valence-corrected chi connectivity index (χ3v) is 7.00. The Kier molecular flexibility index (Phi) is 4.09. The lowest BCUT2D eigenvalue weighted by Gasteiger charge is -2.16. The summed E-state index contributed by atoms with van der Waals surface area (Å²) in [6.45, 7) is 0. The van der Waals surface area contributed by atoms with Crippen LogP contribution >= 0.6 is 0 Å². The predicted molar refractivity (Wildman–Crippen MR) is 144 cm³/mol. The summed E-state index contributed by atoms with van der Waals surface area (Å²) in [4.78, 5) is 4.60. The van der Waals surface area contributed by atoms with E-state index in [1.807, 2.05) is 6.33 Å². The molecule has 0 amide bonds. The van der Waals surface area contributed by atoms with E-state index in [0.29, 0.717) is 0 Å². The Hall–Kier alpha value is -4.43. The van der Waals surface area contributed by atoms with Crippen molar-refractivity contribution in [3.8, 4) is 22.3 Å². The van der Waals surface area contributed by atoms with Gasteiger partial charge in [-0.05, 0) is 61.1 Å². The average Bonchev–Trinajstić information content (AvgIpc) is 3.29. The molecule has 0 aliphatic rings. The monoisotopic (exact) mass is 434 g/mol. The van der Waals surface area contributed by atoms with E-state index in [4.69, 9.17) is 0 Å². The Morgan fingerprint density at radius 1 is 0.529 bits per heavy atom. The Morgan fingerprint density at radius 2 is 1.21 bits per heavy atom. The van der Waals surface area contributed by atoms with E-state index >= 15 is 0 Å². The highest BCUT2D eigenvalue weighted by atomic mass is 15.0. The van der Waals surface area contributed by atoms with E-state index in [9.17, 15) is 0 Å². The minimum atomic E-state index is 1.02. The minimum absolute atomic E-state index is 1.02. The number of benzene rings is 6. The van der Waals surface area contributed by atoms with E-state index in [1.54, 1.807) is 0 Å². The molecule has 0 aliphatic carbocycles. The van der Waals surface area contributed by atoms with Gasteiger partial charge in [0, 0.05) is 12.6 Å². The zero-order valence-electron chi connectivity index (χ0n) is 18.9. The molecule has 160 valence electrons. The van der Waals surface area contributed by atoms with Gasteiger partial charge < -0.3 is 4.57 Å². The Labute approximate surface area is 197 Å². The molecule has 0 N–H and O–H groups in total. The zero-order valence-corrected chi connectivity index (χ0v) is 18.9. The first-order chi connectivity index (χ1) is 16.8. The molecule has 1 heterocycles. The van der Waals surface area contributed by atoms with Gasteiger partial charge in [0.25, 0.3) is 0 Å². The smallest absolute Gasteiger partial charge is 0.0955 e. The van der Waals surface area contributed by atoms with Crippen molar-refractivity contribution in [2.75, 3.05) is 0 Å². The minimum Gasteiger partial charge on any atom is -0.333 e. The maximum atomic E-state index is 4.60. The van der Waals surface area contributed by atoms with Crippen LogP contribution in [-0.2, 0) is 7.05 Å². The second-order valence-corrected chi connectivity index (χ2v) is 8.93. The fourth-order valence-electron chi connectivity index (χ4n) is 5.47. The van der Waals surface area contributed by atoms with Crippen molar-refractivity contribution in [2.24, 2.45) is 7.05 Å². The van der Waals surface area contributed by atoms with Crippen molar-refractivity contribution >= 4 is 43.4 Å². The molecule has 1 aromatic heterocycles. The third-order valence-electron chi connectivity index (χ3n) is 7.00. The molecule has 0 bridgehead atoms. The number of rotatable bonds is 2. The molecule has 0 fully saturated rings. The maximum absolute atomic E-state index is 4.60. The molecule has 0 spiro atoms. The summed E-state index contributed by atoms with van der Waals surface area (Å²) in [5.74, 6) is 0. The van der Waals surface area contributed by atoms with Crippen LogP contribution in [0.1, 0.15) is 0 Å². The van der Waals surface area contributed by atoms with Gasteiger partial charge in [0.1, 0.15) is 0 Å². The van der Waals surface area contributed by atoms with Crippen LogP contribution in [-0.4, -0.2) is 9.55 Å². The van der Waals surface area contributed by atoms with E-state index in [2.05, 4.69) is 126 Å². The molecule has 0 unspecified atom stereocenters. The first-order valence-corrected chi connectivity index (χ1v) is 11.6. The highest BCUT2D eigenvalue weighted by Crippen LogP contribution is 2.42. The molecule has 34 heavy (non-hydrogen) atoms. The lowest BCUT2D eigenvalue weighted by atomic mass is 9.88. The first kappa shape index (κ1) is 19.1. The lowest BCUT2D eigenvalue weighted by molar-refractivity contribution is 0.948. The Balaban J connectivity index is 1.63. The molecule has 7 aromatic rings. The third kappa shape index (κ3) is 2.72. The summed E-state index contributed by atoms with van der Waals surface area (Å²) >= 11 is 0. The molecule has 7 rings (SSSR count). The van der Waals surface area contributed by atoms with Crippen LogP contribution in [0.4, 0.5) is 0 Å². The second kappa shape index (κ2) is 7.29. The van der Waals surface area contributed by atoms with Gasteiger partial charge in [-0.1, -0.05) is 97.1 Å². The van der Waals surface area contributed by atoms with Crippen molar-refractivity contribution in [2.45, 2.75) is 0 Å². The van der Waals surface area contributed by atoms with Crippen LogP contribution in [0, 0.1) is 0 Å². The van der Waals surface area contributed by atoms with Crippen molar-refractivity contribution in [3.63, 3.8) is 0 Å². The molecule has 0 saturated carbocycles. The summed E-state index contributed by atoms with van der Waals surface area (Å²) in [6.07, 6.45) is 1.90. The van der Waals surface area contributed by atoms with Crippen LogP contribution < -0.4 is 0 Å². The van der Waals surface area contributed by atoms with Crippen molar-refractivity contribution in [1.29, 1.82) is 0 Å². The van der Waals surface area contributed by atoms with Crippen LogP contribution in [0.2, 0.25) is 0 Å². The van der Waals surface area contributed by atoms with Gasteiger partial charge in [0.05, 0.1) is 17.4 Å². The van der Waals surface area contributed by atoms with Gasteiger partial charge in [-0.15, -0.1) is 0 Å². The standard InChI is InChI=1S/C32H22N2/c1-34-20-33-30-16-8-15-28(32(30)34)27-14-7-13-26-24-18-17-22(21-9-3-2-4-10-21)19-29(24)23-11-5-6-12-25(23)31(26)27/h2-20H,1H3.